The number of aliphatic hydroxyl groups is 1. The van der Waals surface area contributed by atoms with E-state index in [9.17, 15) is 14.7 Å². The van der Waals surface area contributed by atoms with Gasteiger partial charge in [0.05, 0.1) is 19.3 Å². The molecule has 1 heterocycles. The highest BCUT2D eigenvalue weighted by molar-refractivity contribution is 5.94. The topological polar surface area (TPSA) is 92.9 Å². The highest BCUT2D eigenvalue weighted by Crippen LogP contribution is 2.26. The van der Waals surface area contributed by atoms with Crippen LogP contribution >= 0.6 is 0 Å². The quantitative estimate of drug-likeness (QED) is 0.762. The van der Waals surface area contributed by atoms with Gasteiger partial charge < -0.3 is 15.6 Å². The van der Waals surface area contributed by atoms with Crippen LogP contribution in [0.1, 0.15) is 29.3 Å². The van der Waals surface area contributed by atoms with E-state index < -0.39 is 18.1 Å². The molecule has 1 fully saturated rings. The predicted octanol–water partition coefficient (Wildman–Crippen LogP) is 0.318. The van der Waals surface area contributed by atoms with Crippen LogP contribution in [0.2, 0.25) is 0 Å². The minimum Gasteiger partial charge on any atom is -0.496 e. The Kier molecular flexibility index (Phi) is 4.59. The maximum atomic E-state index is 11.5. The number of β-amino-alcohol motifs (C(OH)–C–C–N with tert-alkyl or cyclic N) is 1. The standard InChI is InChI=1S/C15H20N2O4/c1-9(18)10-3-4-14(21-2)11(5-10)7-17-8-12(19)6-13(17)15(16)20/h3-5,12-13,19H,6-8H2,1-2H3,(H2,16,20)/t12-,13-/m0/s1. The van der Waals surface area contributed by atoms with Gasteiger partial charge in [0.1, 0.15) is 5.75 Å². The van der Waals surface area contributed by atoms with E-state index in [1.165, 1.54) is 6.92 Å². The molecule has 0 unspecified atom stereocenters. The van der Waals surface area contributed by atoms with E-state index in [2.05, 4.69) is 0 Å². The number of likely N-dealkylation sites (tertiary alicyclic amines) is 1. The van der Waals surface area contributed by atoms with Gasteiger partial charge >= 0.3 is 0 Å². The average molecular weight is 292 g/mol. The molecule has 1 amide bonds. The molecule has 114 valence electrons. The lowest BCUT2D eigenvalue weighted by atomic mass is 10.1. The third-order valence-corrected chi connectivity index (χ3v) is 3.77. The molecule has 1 aliphatic rings. The first-order valence-corrected chi connectivity index (χ1v) is 6.81. The summed E-state index contributed by atoms with van der Waals surface area (Å²) in [6.45, 7) is 2.27. The van der Waals surface area contributed by atoms with Gasteiger partial charge in [-0.15, -0.1) is 0 Å². The Labute approximate surface area is 123 Å². The van der Waals surface area contributed by atoms with Crippen molar-refractivity contribution in [2.75, 3.05) is 13.7 Å². The number of nitrogens with two attached hydrogens (primary N) is 1. The molecule has 21 heavy (non-hydrogen) atoms. The molecule has 0 aromatic heterocycles. The summed E-state index contributed by atoms with van der Waals surface area (Å²) in [4.78, 5) is 24.8. The molecule has 0 bridgehead atoms. The minimum absolute atomic E-state index is 0.0354. The number of nitrogens with zero attached hydrogens (tertiary/aromatic N) is 1. The van der Waals surface area contributed by atoms with Crippen molar-refractivity contribution in [3.63, 3.8) is 0 Å². The summed E-state index contributed by atoms with van der Waals surface area (Å²) in [5, 5.41) is 9.73. The molecule has 0 spiro atoms. The average Bonchev–Trinajstić information content (AvgIpc) is 2.79. The number of hydrogen-bond acceptors (Lipinski definition) is 5. The van der Waals surface area contributed by atoms with Crippen molar-refractivity contribution in [3.8, 4) is 5.75 Å². The van der Waals surface area contributed by atoms with Gasteiger partial charge in [-0.1, -0.05) is 0 Å². The Morgan fingerprint density at radius 2 is 2.19 bits per heavy atom. The largest absolute Gasteiger partial charge is 0.496 e. The SMILES string of the molecule is COc1ccc(C(C)=O)cc1CN1C[C@@H](O)C[C@H]1C(N)=O. The zero-order valence-corrected chi connectivity index (χ0v) is 12.2. The number of rotatable bonds is 5. The van der Waals surface area contributed by atoms with Crippen molar-refractivity contribution in [1.29, 1.82) is 0 Å². The van der Waals surface area contributed by atoms with Gasteiger partial charge in [-0.2, -0.15) is 0 Å². The van der Waals surface area contributed by atoms with Crippen molar-refractivity contribution >= 4 is 11.7 Å². The molecule has 0 radical (unpaired) electrons. The lowest BCUT2D eigenvalue weighted by molar-refractivity contribution is -0.122. The van der Waals surface area contributed by atoms with Crippen molar-refractivity contribution in [1.82, 2.24) is 4.90 Å². The van der Waals surface area contributed by atoms with E-state index in [0.29, 0.717) is 30.8 Å². The Morgan fingerprint density at radius 3 is 2.76 bits per heavy atom. The highest BCUT2D eigenvalue weighted by Gasteiger charge is 2.35. The number of carbonyl (C=O) groups excluding carboxylic acids is 2. The van der Waals surface area contributed by atoms with Gasteiger partial charge in [0, 0.05) is 24.2 Å². The number of ketones is 1. The van der Waals surface area contributed by atoms with Crippen LogP contribution in [0.4, 0.5) is 0 Å². The molecule has 1 aromatic carbocycles. The molecule has 1 aliphatic heterocycles. The third kappa shape index (κ3) is 3.40. The van der Waals surface area contributed by atoms with Gasteiger partial charge in [-0.05, 0) is 31.5 Å². The number of aliphatic hydroxyl groups excluding tert-OH is 1. The van der Waals surface area contributed by atoms with Gasteiger partial charge in [-0.25, -0.2) is 0 Å². The smallest absolute Gasteiger partial charge is 0.234 e. The Hall–Kier alpha value is -1.92. The number of Topliss-reactive ketones (excluding diaryl/α,β-unsaturated/α-hetero) is 1. The molecule has 3 N–H and O–H groups in total. The van der Waals surface area contributed by atoms with Crippen LogP contribution in [0.25, 0.3) is 0 Å². The molecule has 2 rings (SSSR count). The van der Waals surface area contributed by atoms with Crippen LogP contribution in [-0.4, -0.2) is 47.5 Å². The van der Waals surface area contributed by atoms with E-state index in [1.807, 2.05) is 4.90 Å². The van der Waals surface area contributed by atoms with Crippen LogP contribution in [0.3, 0.4) is 0 Å². The minimum atomic E-state index is -0.565. The molecule has 6 heteroatoms. The van der Waals surface area contributed by atoms with E-state index in [1.54, 1.807) is 25.3 Å². The lowest BCUT2D eigenvalue weighted by Gasteiger charge is -2.22. The van der Waals surface area contributed by atoms with Crippen molar-refractivity contribution < 1.29 is 19.4 Å². The predicted molar refractivity (Wildman–Crippen MR) is 77.0 cm³/mol. The van der Waals surface area contributed by atoms with Crippen LogP contribution in [0.5, 0.6) is 5.75 Å². The third-order valence-electron chi connectivity index (χ3n) is 3.77. The number of ether oxygens (including phenoxy) is 1. The molecule has 1 saturated heterocycles. The van der Waals surface area contributed by atoms with Crippen LogP contribution < -0.4 is 10.5 Å². The first-order chi connectivity index (χ1) is 9.92. The summed E-state index contributed by atoms with van der Waals surface area (Å²) in [5.41, 5.74) is 6.76. The van der Waals surface area contributed by atoms with Crippen molar-refractivity contribution in [2.24, 2.45) is 5.73 Å². The van der Waals surface area contributed by atoms with E-state index in [4.69, 9.17) is 10.5 Å². The second-order valence-electron chi connectivity index (χ2n) is 5.32. The molecular weight excluding hydrogens is 272 g/mol. The van der Waals surface area contributed by atoms with Gasteiger partial charge in [-0.3, -0.25) is 14.5 Å². The van der Waals surface area contributed by atoms with Crippen LogP contribution in [-0.2, 0) is 11.3 Å². The summed E-state index contributed by atoms with van der Waals surface area (Å²) >= 11 is 0. The fourth-order valence-corrected chi connectivity index (χ4v) is 2.69. The van der Waals surface area contributed by atoms with Crippen molar-refractivity contribution in [2.45, 2.75) is 32.0 Å². The van der Waals surface area contributed by atoms with Crippen molar-refractivity contribution in [3.05, 3.63) is 29.3 Å². The molecule has 1 aromatic rings. The van der Waals surface area contributed by atoms with E-state index >= 15 is 0 Å². The summed E-state index contributed by atoms with van der Waals surface area (Å²) in [6, 6.07) is 4.70. The number of hydrogen-bond donors (Lipinski definition) is 2. The number of methoxy groups -OCH3 is 1. The zero-order valence-electron chi connectivity index (χ0n) is 12.2. The maximum absolute atomic E-state index is 11.5. The van der Waals surface area contributed by atoms with E-state index in [0.717, 1.165) is 5.56 Å². The number of benzene rings is 1. The maximum Gasteiger partial charge on any atom is 0.234 e. The molecule has 2 atom stereocenters. The summed E-state index contributed by atoms with van der Waals surface area (Å²) in [7, 11) is 1.55. The fraction of sp³-hybridized carbons (Fsp3) is 0.467. The second kappa shape index (κ2) is 6.24. The Bertz CT molecular complexity index is 559. The first kappa shape index (κ1) is 15.5. The summed E-state index contributed by atoms with van der Waals surface area (Å²) < 4.78 is 5.30. The molecule has 6 nitrogen and oxygen atoms in total. The van der Waals surface area contributed by atoms with Crippen LogP contribution in [0.15, 0.2) is 18.2 Å². The normalized spacial score (nSPS) is 22.2. The first-order valence-electron chi connectivity index (χ1n) is 6.81. The van der Waals surface area contributed by atoms with Gasteiger partial charge in [0.2, 0.25) is 5.91 Å². The summed E-state index contributed by atoms with van der Waals surface area (Å²) in [5.74, 6) is 0.157. The molecule has 0 saturated carbocycles. The number of carbonyl (C=O) groups is 2. The zero-order chi connectivity index (χ0) is 15.6. The number of amides is 1. The molecular formula is C15H20N2O4. The fourth-order valence-electron chi connectivity index (χ4n) is 2.69. The van der Waals surface area contributed by atoms with E-state index in [-0.39, 0.29) is 5.78 Å². The highest BCUT2D eigenvalue weighted by atomic mass is 16.5. The van der Waals surface area contributed by atoms with Gasteiger partial charge in [0.15, 0.2) is 5.78 Å². The van der Waals surface area contributed by atoms with Gasteiger partial charge in [0.25, 0.3) is 0 Å². The molecule has 0 aliphatic carbocycles. The lowest BCUT2D eigenvalue weighted by Crippen LogP contribution is -2.39. The second-order valence-corrected chi connectivity index (χ2v) is 5.32. The number of primary amides is 1. The summed E-state index contributed by atoms with van der Waals surface area (Å²) in [6.07, 6.45) is -0.228. The van der Waals surface area contributed by atoms with Crippen LogP contribution in [0, 0.1) is 0 Å². The monoisotopic (exact) mass is 292 g/mol. The Morgan fingerprint density at radius 1 is 1.48 bits per heavy atom. The Balaban J connectivity index is 2.27.